The van der Waals surface area contributed by atoms with Crippen molar-refractivity contribution in [2.45, 2.75) is 151 Å². The normalized spacial score (nSPS) is 21.7. The highest BCUT2D eigenvalue weighted by Gasteiger charge is 2.62. The monoisotopic (exact) mass is 1830 g/mol. The maximum atomic E-state index is 13.9. The second kappa shape index (κ2) is 35.7. The number of hydrogen-bond donors (Lipinski definition) is 4. The molecular formula is C104H81F7N8O16. The van der Waals surface area contributed by atoms with E-state index in [1.165, 1.54) is 30.3 Å². The van der Waals surface area contributed by atoms with Gasteiger partial charge >= 0.3 is 0 Å². The van der Waals surface area contributed by atoms with E-state index in [2.05, 4.69) is 41.2 Å². The van der Waals surface area contributed by atoms with Crippen LogP contribution in [-0.4, -0.2) is 91.1 Å². The van der Waals surface area contributed by atoms with Crippen LogP contribution >= 0.6 is 0 Å². The molecule has 31 heteroatoms. The molecule has 0 unspecified atom stereocenters. The van der Waals surface area contributed by atoms with Gasteiger partial charge in [0.2, 0.25) is 23.6 Å². The number of Topliss-reactive ketones (excluding diaryl/α,β-unsaturated/α-hetero) is 4. The summed E-state index contributed by atoms with van der Waals surface area (Å²) in [5, 5.41) is 11.1. The van der Waals surface area contributed by atoms with Crippen LogP contribution in [0, 0.1) is 64.4 Å². The molecule has 12 heterocycles. The third kappa shape index (κ3) is 18.0. The molecule has 12 aliphatic rings. The fourth-order valence-corrected chi connectivity index (χ4v) is 19.8. The number of nitrogens with zero attached hydrogens (tertiary/aromatic N) is 4. The number of ether oxygens (including phenoxy) is 8. The van der Waals surface area contributed by atoms with Crippen LogP contribution in [0.1, 0.15) is 142 Å². The average Bonchev–Trinajstić information content (AvgIpc) is 1.57. The first kappa shape index (κ1) is 86.5. The molecule has 0 saturated heterocycles. The van der Waals surface area contributed by atoms with Crippen LogP contribution in [-0.2, 0) is 89.7 Å². The molecule has 4 fully saturated rings. The van der Waals surface area contributed by atoms with Crippen LogP contribution in [0.4, 0.5) is 54.0 Å². The van der Waals surface area contributed by atoms with Crippen molar-refractivity contribution >= 4 is 70.0 Å². The van der Waals surface area contributed by atoms with Gasteiger partial charge in [-0.05, 0) is 188 Å². The van der Waals surface area contributed by atoms with Crippen molar-refractivity contribution in [3.63, 3.8) is 0 Å². The van der Waals surface area contributed by atoms with Gasteiger partial charge in [-0.3, -0.25) is 38.4 Å². The first-order chi connectivity index (χ1) is 65.5. The fourth-order valence-electron chi connectivity index (χ4n) is 19.8. The molecular weight excluding hydrogens is 1750 g/mol. The van der Waals surface area contributed by atoms with Gasteiger partial charge in [0.25, 0.3) is 0 Å². The molecule has 682 valence electrons. The molecule has 4 aromatic heterocycles. The predicted octanol–water partition coefficient (Wildman–Crippen LogP) is 18.7. The second-order valence-corrected chi connectivity index (χ2v) is 35.5. The Hall–Kier alpha value is -15.2. The first-order valence-corrected chi connectivity index (χ1v) is 44.6. The summed E-state index contributed by atoms with van der Waals surface area (Å²) in [6.07, 6.45) is 10.8. The van der Waals surface area contributed by atoms with E-state index in [-0.39, 0.29) is 180 Å². The minimum Gasteiger partial charge on any atom is -0.489 e. The molecule has 8 aromatic carbocycles. The Morgan fingerprint density at radius 1 is 0.319 bits per heavy atom. The van der Waals surface area contributed by atoms with Gasteiger partial charge in [0.15, 0.2) is 11.6 Å². The van der Waals surface area contributed by atoms with E-state index in [4.69, 9.17) is 37.9 Å². The lowest BCUT2D eigenvalue weighted by atomic mass is 10.0. The number of carbonyl (C=O) groups is 8. The van der Waals surface area contributed by atoms with E-state index in [1.807, 2.05) is 72.8 Å². The average molecular weight is 1830 g/mol. The van der Waals surface area contributed by atoms with E-state index >= 15 is 0 Å². The molecule has 12 aromatic rings. The number of ketones is 4. The van der Waals surface area contributed by atoms with Gasteiger partial charge in [0.05, 0.1) is 0 Å². The third-order valence-electron chi connectivity index (χ3n) is 26.6. The summed E-state index contributed by atoms with van der Waals surface area (Å²) in [5.74, 6) is 5.59. The maximum absolute atomic E-state index is 13.9. The Morgan fingerprint density at radius 3 is 1.00 bits per heavy atom. The van der Waals surface area contributed by atoms with E-state index < -0.39 is 34.9 Å². The summed E-state index contributed by atoms with van der Waals surface area (Å²) < 4.78 is 144. The number of carbonyl (C=O) groups excluding carboxylic acids is 8. The fraction of sp³-hybridized carbons (Fsp3) is 0.269. The summed E-state index contributed by atoms with van der Waals surface area (Å²) in [6, 6.07) is 46.3. The number of aromatic nitrogens is 4. The molecule has 4 N–H and O–H groups in total. The van der Waals surface area contributed by atoms with Crippen molar-refractivity contribution in [2.24, 2.45) is 23.7 Å². The van der Waals surface area contributed by atoms with Crippen molar-refractivity contribution in [1.29, 1.82) is 0 Å². The maximum Gasteiger partial charge on any atom is 0.225 e. The number of hydrogen-bond acceptors (Lipinski definition) is 20. The number of pyridine rings is 4. The molecule has 4 amide bonds. The lowest BCUT2D eigenvalue weighted by Gasteiger charge is -2.19. The van der Waals surface area contributed by atoms with Crippen LogP contribution in [0.5, 0.6) is 69.0 Å². The van der Waals surface area contributed by atoms with Crippen LogP contribution in [0.15, 0.2) is 201 Å². The zero-order valence-corrected chi connectivity index (χ0v) is 71.8. The van der Waals surface area contributed by atoms with Gasteiger partial charge in [0.1, 0.15) is 169 Å². The van der Waals surface area contributed by atoms with Gasteiger partial charge < -0.3 is 59.2 Å². The number of anilines is 4. The SMILES string of the molecule is O=C(Cc1c(F)cccc1F)C[C@@H]1[C@H]2Oc3ccc(Oc4ccnc5c4CCC(=O)N5)cc3[C@@H]12.O=C(Cc1cc(F)ccc1F)C[C@@H]1[C@H]2Oc3ccc(Oc4ccnc5c4CCC(=O)N5)cc3[C@@H]12.O=C(Cc1ccc(F)cc1)C[C@@H]1[C@H]2Oc3ccc(Oc4ccnc5c4CCC(=O)N5)cc3[C@@H]12.O=C(Cc1cccc(F)c1F)C[C@@H]1[C@H]2Oc3ccc(Oc4ccnc5c4CCC(=O)N5)cc3[C@@H]12. The molecule has 24 rings (SSSR count). The Morgan fingerprint density at radius 2 is 0.637 bits per heavy atom. The summed E-state index contributed by atoms with van der Waals surface area (Å²) in [7, 11) is 0. The highest BCUT2D eigenvalue weighted by molar-refractivity contribution is 5.96. The smallest absolute Gasteiger partial charge is 0.225 e. The molecule has 8 aliphatic heterocycles. The molecule has 0 bridgehead atoms. The molecule has 12 atom stereocenters. The Bertz CT molecular complexity index is 6750. The molecule has 4 saturated carbocycles. The minimum absolute atomic E-state index is 0.00997. The Balaban J connectivity index is 0.000000108. The molecule has 24 nitrogen and oxygen atoms in total. The van der Waals surface area contributed by atoms with Crippen molar-refractivity contribution in [3.8, 4) is 69.0 Å². The number of amides is 4. The van der Waals surface area contributed by atoms with Crippen LogP contribution in [0.2, 0.25) is 0 Å². The Kier molecular flexibility index (Phi) is 22.9. The standard InChI is InChI=1S/3C26H20F2N2O4.C26H21FN2O4/c27-14-1-4-20(28)13(9-14)10-15(31)11-19-24-18-12-16(2-5-21(18)34-25(19)24)33-22-7-8-29-26-17(22)3-6-23(32)30-26;27-19-2-1-3-20(28)16(19)10-13(31)11-18-24-17-12-14(4-6-21(17)34-25(18)24)33-22-8-9-29-26-15(22)5-7-23(32)30-26;27-19-3-1-2-13(24(19)28)10-14(31)11-18-23-17-12-15(4-6-20(17)34-25(18)23)33-21-8-9-29-26-16(21)5-7-22(32)30-26;27-15-3-1-14(2-4-15)11-16(30)12-20-24-19-13-17(5-7-21(19)33-25(20)24)32-22-9-10-28-26-18(22)6-8-23(31)29-26/h1-2,4-5,7-9,12,19,24-25H,3,6,10-11H2,(H,29,30,32);1-4,6,8-9,12,18,24-25H,5,7,10-11H2,(H,29,30,32);1-4,6,8-9,12,18,23,25H,5,7,10-11H2,(H,29,30,32);1-5,7,9-10,13,20,24-25H,6,8,11-12H2,(H,28,29,31)/t19-,24-,25+;18-,24-,25+;18-,23-,25+;20-,24-,25+/m0000/s1. The Labute approximate surface area is 766 Å². The second-order valence-electron chi connectivity index (χ2n) is 35.5. The summed E-state index contributed by atoms with van der Waals surface area (Å²) in [5.41, 5.74) is 8.23. The molecule has 4 aliphatic carbocycles. The highest BCUT2D eigenvalue weighted by Crippen LogP contribution is 2.64. The van der Waals surface area contributed by atoms with Crippen molar-refractivity contribution in [2.75, 3.05) is 21.3 Å². The highest BCUT2D eigenvalue weighted by atomic mass is 19.2. The first-order valence-electron chi connectivity index (χ1n) is 44.6. The van der Waals surface area contributed by atoms with Gasteiger partial charge in [-0.2, -0.15) is 0 Å². The van der Waals surface area contributed by atoms with Gasteiger partial charge in [0, 0.05) is 199 Å². The van der Waals surface area contributed by atoms with E-state index in [0.717, 1.165) is 109 Å². The minimum atomic E-state index is -0.965. The largest absolute Gasteiger partial charge is 0.489 e. The molecule has 135 heavy (non-hydrogen) atoms. The van der Waals surface area contributed by atoms with Gasteiger partial charge in [-0.15, -0.1) is 0 Å². The van der Waals surface area contributed by atoms with Gasteiger partial charge in [-0.25, -0.2) is 50.7 Å². The number of rotatable bonds is 24. The summed E-state index contributed by atoms with van der Waals surface area (Å²) in [6.45, 7) is 0. The van der Waals surface area contributed by atoms with Crippen LogP contribution in [0.25, 0.3) is 0 Å². The van der Waals surface area contributed by atoms with Crippen molar-refractivity contribution in [1.82, 2.24) is 19.9 Å². The van der Waals surface area contributed by atoms with Crippen LogP contribution in [0.3, 0.4) is 0 Å². The lowest BCUT2D eigenvalue weighted by Crippen LogP contribution is -2.20. The quantitative estimate of drug-likeness (QED) is 0.0408. The number of fused-ring (bicyclic) bond motifs is 16. The zero-order valence-electron chi connectivity index (χ0n) is 71.8. The molecule has 0 radical (unpaired) electrons. The van der Waals surface area contributed by atoms with Crippen LogP contribution < -0.4 is 59.2 Å². The zero-order chi connectivity index (χ0) is 92.7. The van der Waals surface area contributed by atoms with Gasteiger partial charge in [-0.1, -0.05) is 30.3 Å². The van der Waals surface area contributed by atoms with Crippen molar-refractivity contribution in [3.05, 3.63) is 308 Å². The summed E-state index contributed by atoms with van der Waals surface area (Å²) in [4.78, 5) is 114. The topological polar surface area (TPSA) is 310 Å². The van der Waals surface area contributed by atoms with E-state index in [0.29, 0.717) is 133 Å². The van der Waals surface area contributed by atoms with Crippen molar-refractivity contribution < 1.29 is 107 Å². The van der Waals surface area contributed by atoms with E-state index in [9.17, 15) is 69.1 Å². The lowest BCUT2D eigenvalue weighted by molar-refractivity contribution is -0.119. The third-order valence-corrected chi connectivity index (χ3v) is 26.6. The summed E-state index contributed by atoms with van der Waals surface area (Å²) >= 11 is 0. The molecule has 0 spiro atoms. The number of nitrogens with one attached hydrogen (secondary N) is 4. The predicted molar refractivity (Wildman–Crippen MR) is 472 cm³/mol. The van der Waals surface area contributed by atoms with E-state index in [1.54, 1.807) is 61.2 Å². The number of halogens is 7. The number of benzene rings is 8.